The smallest absolute Gasteiger partial charge is 0.353 e. The van der Waals surface area contributed by atoms with Crippen molar-refractivity contribution in [2.75, 3.05) is 70.8 Å². The first-order chi connectivity index (χ1) is 15.6. The number of nitrogens with zero attached hydrogens (tertiary/aromatic N) is 4. The van der Waals surface area contributed by atoms with Crippen LogP contribution in [0.25, 0.3) is 0 Å². The van der Waals surface area contributed by atoms with Crippen molar-refractivity contribution in [3.8, 4) is 11.5 Å². The predicted molar refractivity (Wildman–Crippen MR) is 121 cm³/mol. The molecule has 0 unspecified atom stereocenters. The lowest BCUT2D eigenvalue weighted by Crippen LogP contribution is -2.37. The summed E-state index contributed by atoms with van der Waals surface area (Å²) in [5.41, 5.74) is 0.861. The number of nitro groups is 1. The van der Waals surface area contributed by atoms with Gasteiger partial charge in [0.15, 0.2) is 11.5 Å². The zero-order valence-electron chi connectivity index (χ0n) is 18.5. The number of hydrogen-bond donors (Lipinski definition) is 2. The highest BCUT2D eigenvalue weighted by molar-refractivity contribution is 5.69. The maximum absolute atomic E-state index is 11.7. The summed E-state index contributed by atoms with van der Waals surface area (Å²) in [6, 6.07) is 5.65. The van der Waals surface area contributed by atoms with Crippen LogP contribution in [-0.2, 0) is 11.2 Å². The van der Waals surface area contributed by atoms with Gasteiger partial charge in [0.2, 0.25) is 11.6 Å². The van der Waals surface area contributed by atoms with Crippen LogP contribution in [0.15, 0.2) is 24.5 Å². The summed E-state index contributed by atoms with van der Waals surface area (Å²) < 4.78 is 15.9. The van der Waals surface area contributed by atoms with Crippen LogP contribution in [0, 0.1) is 10.1 Å². The van der Waals surface area contributed by atoms with Gasteiger partial charge >= 0.3 is 5.69 Å². The topological polar surface area (TPSA) is 124 Å². The van der Waals surface area contributed by atoms with Gasteiger partial charge < -0.3 is 24.8 Å². The Morgan fingerprint density at radius 1 is 1.09 bits per heavy atom. The van der Waals surface area contributed by atoms with E-state index in [1.807, 2.05) is 18.2 Å². The summed E-state index contributed by atoms with van der Waals surface area (Å²) in [5.74, 6) is 1.71. The first-order valence-corrected chi connectivity index (χ1v) is 10.6. The second kappa shape index (κ2) is 12.0. The Bertz CT molecular complexity index is 891. The van der Waals surface area contributed by atoms with Crippen molar-refractivity contribution in [2.45, 2.75) is 12.8 Å². The highest BCUT2D eigenvalue weighted by Gasteiger charge is 2.22. The molecule has 32 heavy (non-hydrogen) atoms. The summed E-state index contributed by atoms with van der Waals surface area (Å²) in [7, 11) is 3.17. The molecule has 1 aliphatic rings. The summed E-state index contributed by atoms with van der Waals surface area (Å²) in [5, 5.41) is 17.9. The van der Waals surface area contributed by atoms with Crippen molar-refractivity contribution < 1.29 is 19.1 Å². The van der Waals surface area contributed by atoms with E-state index in [-0.39, 0.29) is 17.3 Å². The number of hydrogen-bond acceptors (Lipinski definition) is 10. The number of methoxy groups -OCH3 is 2. The Morgan fingerprint density at radius 2 is 1.78 bits per heavy atom. The quantitative estimate of drug-likeness (QED) is 0.285. The Kier molecular flexibility index (Phi) is 8.81. The molecule has 2 N–H and O–H groups in total. The van der Waals surface area contributed by atoms with E-state index in [4.69, 9.17) is 14.2 Å². The van der Waals surface area contributed by atoms with E-state index in [0.717, 1.165) is 44.8 Å². The van der Waals surface area contributed by atoms with Crippen LogP contribution in [0.4, 0.5) is 17.3 Å². The Balaban J connectivity index is 1.56. The van der Waals surface area contributed by atoms with Crippen LogP contribution in [-0.4, -0.2) is 79.9 Å². The number of benzene rings is 1. The Morgan fingerprint density at radius 3 is 2.44 bits per heavy atom. The zero-order chi connectivity index (χ0) is 22.8. The molecule has 0 bridgehead atoms. The Labute approximate surface area is 187 Å². The number of nitrogens with one attached hydrogen (secondary N) is 2. The molecule has 1 aromatic carbocycles. The molecule has 1 fully saturated rings. The maximum atomic E-state index is 11.7. The van der Waals surface area contributed by atoms with Crippen LogP contribution in [0.3, 0.4) is 0 Å². The van der Waals surface area contributed by atoms with Crippen molar-refractivity contribution in [2.24, 2.45) is 0 Å². The second-order valence-electron chi connectivity index (χ2n) is 7.28. The predicted octanol–water partition coefficient (Wildman–Crippen LogP) is 2.19. The van der Waals surface area contributed by atoms with Gasteiger partial charge in [-0.15, -0.1) is 0 Å². The molecule has 0 saturated carbocycles. The molecule has 0 spiro atoms. The highest BCUT2D eigenvalue weighted by atomic mass is 16.6. The van der Waals surface area contributed by atoms with Gasteiger partial charge in [-0.05, 0) is 37.1 Å². The average Bonchev–Trinajstić information content (AvgIpc) is 2.82. The van der Waals surface area contributed by atoms with Crippen LogP contribution < -0.4 is 20.1 Å². The monoisotopic (exact) mass is 446 g/mol. The molecule has 2 heterocycles. The first kappa shape index (κ1) is 23.5. The largest absolute Gasteiger partial charge is 0.493 e. The minimum absolute atomic E-state index is 0.147. The van der Waals surface area contributed by atoms with Gasteiger partial charge in [-0.2, -0.15) is 0 Å². The molecule has 0 amide bonds. The van der Waals surface area contributed by atoms with E-state index in [0.29, 0.717) is 31.0 Å². The molecule has 1 aliphatic heterocycles. The molecule has 174 valence electrons. The first-order valence-electron chi connectivity index (χ1n) is 10.6. The van der Waals surface area contributed by atoms with Crippen molar-refractivity contribution in [1.82, 2.24) is 14.9 Å². The number of ether oxygens (including phenoxy) is 3. The molecule has 1 saturated heterocycles. The molecular weight excluding hydrogens is 416 g/mol. The fourth-order valence-electron chi connectivity index (χ4n) is 3.51. The van der Waals surface area contributed by atoms with E-state index in [1.165, 1.54) is 6.33 Å². The van der Waals surface area contributed by atoms with Gasteiger partial charge in [0, 0.05) is 26.2 Å². The van der Waals surface area contributed by atoms with Gasteiger partial charge in [0.1, 0.15) is 6.33 Å². The van der Waals surface area contributed by atoms with Gasteiger partial charge in [-0.1, -0.05) is 6.07 Å². The van der Waals surface area contributed by atoms with Crippen molar-refractivity contribution >= 4 is 17.3 Å². The standard InChI is InChI=1S/C21H30N6O5/c1-30-17-5-4-16(14-18(17)31-2)6-8-23-21-19(27(28)29)20(24-15-25-21)22-7-3-9-26-10-12-32-13-11-26/h4-5,14-15H,3,6-13H2,1-2H3,(H2,22,23,24,25). The molecule has 11 nitrogen and oxygen atoms in total. The van der Waals surface area contributed by atoms with Crippen LogP contribution in [0.2, 0.25) is 0 Å². The molecule has 3 rings (SSSR count). The lowest BCUT2D eigenvalue weighted by molar-refractivity contribution is -0.383. The normalized spacial score (nSPS) is 14.1. The Hall–Kier alpha value is -3.18. The minimum Gasteiger partial charge on any atom is -0.493 e. The lowest BCUT2D eigenvalue weighted by atomic mass is 10.1. The van der Waals surface area contributed by atoms with Crippen LogP contribution in [0.5, 0.6) is 11.5 Å². The van der Waals surface area contributed by atoms with Crippen LogP contribution in [0.1, 0.15) is 12.0 Å². The zero-order valence-corrected chi connectivity index (χ0v) is 18.5. The molecule has 2 aromatic rings. The third-order valence-corrected chi connectivity index (χ3v) is 5.21. The maximum Gasteiger partial charge on any atom is 0.353 e. The summed E-state index contributed by atoms with van der Waals surface area (Å²) in [6.45, 7) is 5.30. The second-order valence-corrected chi connectivity index (χ2v) is 7.28. The number of rotatable bonds is 12. The number of aromatic nitrogens is 2. The van der Waals surface area contributed by atoms with Crippen molar-refractivity contribution in [3.63, 3.8) is 0 Å². The van der Waals surface area contributed by atoms with Gasteiger partial charge in [-0.25, -0.2) is 9.97 Å². The van der Waals surface area contributed by atoms with Crippen LogP contribution >= 0.6 is 0 Å². The van der Waals surface area contributed by atoms with E-state index >= 15 is 0 Å². The van der Waals surface area contributed by atoms with E-state index in [2.05, 4.69) is 25.5 Å². The minimum atomic E-state index is -0.455. The third kappa shape index (κ3) is 6.41. The third-order valence-electron chi connectivity index (χ3n) is 5.21. The SMILES string of the molecule is COc1ccc(CCNc2ncnc(NCCCN3CCOCC3)c2[N+](=O)[O-])cc1OC. The summed E-state index contributed by atoms with van der Waals surface area (Å²) in [6.07, 6.45) is 2.81. The van der Waals surface area contributed by atoms with E-state index in [9.17, 15) is 10.1 Å². The summed E-state index contributed by atoms with van der Waals surface area (Å²) in [4.78, 5) is 21.7. The average molecular weight is 447 g/mol. The fraction of sp³-hybridized carbons (Fsp3) is 0.524. The lowest BCUT2D eigenvalue weighted by Gasteiger charge is -2.26. The van der Waals surface area contributed by atoms with Crippen molar-refractivity contribution in [3.05, 3.63) is 40.2 Å². The number of morpholine rings is 1. The molecule has 0 atom stereocenters. The molecule has 11 heteroatoms. The summed E-state index contributed by atoms with van der Waals surface area (Å²) >= 11 is 0. The van der Waals surface area contributed by atoms with E-state index < -0.39 is 4.92 Å². The van der Waals surface area contributed by atoms with Gasteiger partial charge in [-0.3, -0.25) is 15.0 Å². The molecule has 0 radical (unpaired) electrons. The van der Waals surface area contributed by atoms with E-state index in [1.54, 1.807) is 14.2 Å². The molecule has 1 aromatic heterocycles. The fourth-order valence-corrected chi connectivity index (χ4v) is 3.51. The van der Waals surface area contributed by atoms with Gasteiger partial charge in [0.25, 0.3) is 0 Å². The van der Waals surface area contributed by atoms with Gasteiger partial charge in [0.05, 0.1) is 32.4 Å². The van der Waals surface area contributed by atoms with Crippen molar-refractivity contribution in [1.29, 1.82) is 0 Å². The highest BCUT2D eigenvalue weighted by Crippen LogP contribution is 2.30. The molecule has 0 aliphatic carbocycles. The molecular formula is C21H30N6O5. The number of anilines is 2.